The van der Waals surface area contributed by atoms with Gasteiger partial charge >= 0.3 is 11.9 Å². The van der Waals surface area contributed by atoms with Gasteiger partial charge in [0.15, 0.2) is 12.2 Å². The highest BCUT2D eigenvalue weighted by atomic mass is 16.4. The first-order chi connectivity index (χ1) is 5.00. The number of carboxylic acids is 2. The van der Waals surface area contributed by atoms with E-state index in [2.05, 4.69) is 5.11 Å². The van der Waals surface area contributed by atoms with Crippen LogP contribution in [-0.2, 0) is 9.59 Å². The van der Waals surface area contributed by atoms with Gasteiger partial charge in [0.05, 0.1) is 0 Å². The summed E-state index contributed by atoms with van der Waals surface area (Å²) in [5.41, 5.74) is 0. The molecule has 0 saturated heterocycles. The molecule has 0 aromatic carbocycles. The van der Waals surface area contributed by atoms with Crippen LogP contribution in [-0.4, -0.2) is 44.6 Å². The molecule has 0 unspecified atom stereocenters. The molecule has 0 radical (unpaired) electrons. The highest BCUT2D eigenvalue weighted by Gasteiger charge is 2.29. The normalized spacial score (nSPS) is 16.8. The molecule has 0 aliphatic carbocycles. The molecule has 0 rings (SSSR count). The van der Waals surface area contributed by atoms with Gasteiger partial charge in [0.25, 0.3) is 1.43 Å². The number of carbonyl (C=O) groups is 2. The van der Waals surface area contributed by atoms with Gasteiger partial charge in [-0.2, -0.15) is 0 Å². The van der Waals surface area contributed by atoms with E-state index in [0.29, 0.717) is 0 Å². The first kappa shape index (κ1) is 6.97. The van der Waals surface area contributed by atoms with Gasteiger partial charge in [-0.05, 0) is 0 Å². The van der Waals surface area contributed by atoms with Gasteiger partial charge in [0.1, 0.15) is 0 Å². The number of aliphatic carboxylic acids is 2. The molecule has 0 fully saturated rings. The van der Waals surface area contributed by atoms with E-state index in [1.165, 1.54) is 0 Å². The summed E-state index contributed by atoms with van der Waals surface area (Å²) in [6.07, 6.45) is -4.47. The van der Waals surface area contributed by atoms with Gasteiger partial charge in [-0.3, -0.25) is 0 Å². The lowest BCUT2D eigenvalue weighted by Gasteiger charge is -2.07. The van der Waals surface area contributed by atoms with Crippen molar-refractivity contribution in [2.45, 2.75) is 12.2 Å². The van der Waals surface area contributed by atoms with Crippen LogP contribution in [0.15, 0.2) is 0 Å². The second kappa shape index (κ2) is 3.14. The lowest BCUT2D eigenvalue weighted by molar-refractivity contribution is -0.165. The van der Waals surface area contributed by atoms with Gasteiger partial charge in [-0.1, -0.05) is 0 Å². The van der Waals surface area contributed by atoms with Crippen molar-refractivity contribution >= 4 is 11.9 Å². The third-order valence-corrected chi connectivity index (χ3v) is 0.794. The Morgan fingerprint density at radius 1 is 1.20 bits per heavy atom. The Balaban J connectivity index is 4.12. The molecule has 0 spiro atoms. The molecule has 0 aromatic rings. The Bertz CT molecular complexity index is 168. The summed E-state index contributed by atoms with van der Waals surface area (Å²) >= 11 is 0. The summed E-state index contributed by atoms with van der Waals surface area (Å²) < 4.78 is 5.96. The monoisotopic (exact) mass is 151 g/mol. The fourth-order valence-electron chi connectivity index (χ4n) is 0.264. The maximum absolute atomic E-state index is 10.2. The predicted molar refractivity (Wildman–Crippen MR) is 27.3 cm³/mol. The number of aliphatic hydroxyl groups is 2. The maximum atomic E-state index is 10.2. The van der Waals surface area contributed by atoms with Crippen molar-refractivity contribution in [3.63, 3.8) is 0 Å². The van der Waals surface area contributed by atoms with Gasteiger partial charge < -0.3 is 20.4 Å². The molecule has 2 atom stereocenters. The Kier molecular flexibility index (Phi) is 2.19. The van der Waals surface area contributed by atoms with Crippen LogP contribution in [0.25, 0.3) is 1.43 Å². The molecule has 58 valence electrons. The molecular formula is C4H6O6. The summed E-state index contributed by atoms with van der Waals surface area (Å²) in [5, 5.41) is 28.2. The lowest BCUT2D eigenvalue weighted by Crippen LogP contribution is -2.39. The average Bonchev–Trinajstić information content (AvgIpc) is 2.00. The fraction of sp³-hybridized carbons (Fsp3) is 0.500. The molecule has 0 saturated carbocycles. The topological polar surface area (TPSA) is 115 Å². The van der Waals surface area contributed by atoms with E-state index in [9.17, 15) is 9.59 Å². The quantitative estimate of drug-likeness (QED) is 0.366. The number of hydrogen-bond donors (Lipinski definition) is 4. The minimum atomic E-state index is -2.26. The highest BCUT2D eigenvalue weighted by Crippen LogP contribution is 1.92. The Labute approximate surface area is 56.8 Å². The third-order valence-electron chi connectivity index (χ3n) is 0.794. The van der Waals surface area contributed by atoms with Crippen molar-refractivity contribution in [2.75, 3.05) is 0 Å². The average molecular weight is 151 g/mol. The standard InChI is InChI=1S/C4H6O6/c5-1(3(7)8)2(6)4(9)10/h1-2,5-6H,(H,7,8)(H,9,10)/t1-,2-/m0/s1/i/hD. The molecule has 0 amide bonds. The van der Waals surface area contributed by atoms with Crippen molar-refractivity contribution in [2.24, 2.45) is 0 Å². The zero-order valence-corrected chi connectivity index (χ0v) is 4.72. The Morgan fingerprint density at radius 2 is 1.60 bits per heavy atom. The van der Waals surface area contributed by atoms with Crippen molar-refractivity contribution in [1.82, 2.24) is 0 Å². The smallest absolute Gasteiger partial charge is 0.335 e. The van der Waals surface area contributed by atoms with Gasteiger partial charge in [-0.25, -0.2) is 9.59 Å². The fourth-order valence-corrected chi connectivity index (χ4v) is 0.264. The summed E-state index contributed by atoms with van der Waals surface area (Å²) in [4.78, 5) is 20.1. The highest BCUT2D eigenvalue weighted by molar-refractivity contribution is 5.82. The molecule has 0 bridgehead atoms. The van der Waals surface area contributed by atoms with E-state index in [0.717, 1.165) is 0 Å². The summed E-state index contributed by atoms with van der Waals surface area (Å²) in [6, 6.07) is 0. The van der Waals surface area contributed by atoms with E-state index in [4.69, 9.17) is 16.8 Å². The molecule has 0 heterocycles. The van der Waals surface area contributed by atoms with E-state index in [-0.39, 0.29) is 0 Å². The van der Waals surface area contributed by atoms with E-state index < -0.39 is 24.1 Å². The lowest BCUT2D eigenvalue weighted by atomic mass is 10.2. The largest absolute Gasteiger partial charge is 0.479 e. The molecule has 6 heteroatoms. The molecular weight excluding hydrogens is 144 g/mol. The molecule has 0 aliphatic rings. The molecule has 10 heavy (non-hydrogen) atoms. The van der Waals surface area contributed by atoms with E-state index in [1.54, 1.807) is 0 Å². The number of aliphatic hydroxyl groups excluding tert-OH is 2. The Morgan fingerprint density at radius 3 is 1.90 bits per heavy atom. The molecule has 6 nitrogen and oxygen atoms in total. The molecule has 0 aliphatic heterocycles. The van der Waals surface area contributed by atoms with E-state index in [1.807, 2.05) is 0 Å². The zero-order valence-electron chi connectivity index (χ0n) is 5.72. The SMILES string of the molecule is [2H]OC(=O)[C@@H](O)[C@H](O)C(=O)O. The second-order valence-electron chi connectivity index (χ2n) is 1.55. The third kappa shape index (κ3) is 2.00. The maximum Gasteiger partial charge on any atom is 0.335 e. The van der Waals surface area contributed by atoms with Crippen molar-refractivity contribution in [3.8, 4) is 0 Å². The second-order valence-corrected chi connectivity index (χ2v) is 1.55. The predicted octanol–water partition coefficient (Wildman–Crippen LogP) is -2.12. The number of hydrogen-bond acceptors (Lipinski definition) is 5. The minimum Gasteiger partial charge on any atom is -0.479 e. The van der Waals surface area contributed by atoms with Crippen molar-refractivity contribution in [1.29, 1.82) is 1.43 Å². The zero-order chi connectivity index (χ0) is 9.02. The van der Waals surface area contributed by atoms with Crippen molar-refractivity contribution in [3.05, 3.63) is 0 Å². The minimum absolute atomic E-state index is 1.51. The first-order valence-electron chi connectivity index (χ1n) is 2.67. The van der Waals surface area contributed by atoms with Gasteiger partial charge in [-0.15, -0.1) is 0 Å². The van der Waals surface area contributed by atoms with Crippen LogP contribution >= 0.6 is 0 Å². The van der Waals surface area contributed by atoms with Crippen LogP contribution in [0.2, 0.25) is 0 Å². The number of carboxylic acid groups (broad SMARTS) is 2. The molecule has 4 N–H and O–H groups in total. The number of rotatable bonds is 3. The molecule has 0 aromatic heterocycles. The Hall–Kier alpha value is -1.14. The van der Waals surface area contributed by atoms with Crippen LogP contribution in [0.1, 0.15) is 0 Å². The van der Waals surface area contributed by atoms with Crippen LogP contribution in [0.3, 0.4) is 0 Å². The summed E-state index contributed by atoms with van der Waals surface area (Å²) in [6.45, 7) is 0. The van der Waals surface area contributed by atoms with Gasteiger partial charge in [0.2, 0.25) is 0 Å². The van der Waals surface area contributed by atoms with Crippen LogP contribution in [0.4, 0.5) is 0 Å². The van der Waals surface area contributed by atoms with Crippen LogP contribution in [0, 0.1) is 0 Å². The first-order valence-corrected chi connectivity index (χ1v) is 2.26. The van der Waals surface area contributed by atoms with E-state index >= 15 is 0 Å². The summed E-state index contributed by atoms with van der Waals surface area (Å²) in [7, 11) is 0. The van der Waals surface area contributed by atoms with Crippen LogP contribution in [0.5, 0.6) is 0 Å². The van der Waals surface area contributed by atoms with Crippen molar-refractivity contribution < 1.29 is 30.0 Å². The van der Waals surface area contributed by atoms with Crippen LogP contribution < -0.4 is 0 Å². The summed E-state index contributed by atoms with van der Waals surface area (Å²) in [5.74, 6) is -3.28. The van der Waals surface area contributed by atoms with Gasteiger partial charge in [0, 0.05) is 0 Å².